The number of carbonyl (C=O) groups is 2. The maximum absolute atomic E-state index is 12.9. The van der Waals surface area contributed by atoms with Gasteiger partial charge < -0.3 is 5.32 Å². The first-order chi connectivity index (χ1) is 12.0. The Labute approximate surface area is 148 Å². The van der Waals surface area contributed by atoms with Gasteiger partial charge in [-0.2, -0.15) is 0 Å². The molecule has 0 spiro atoms. The van der Waals surface area contributed by atoms with Crippen molar-refractivity contribution in [3.05, 3.63) is 47.3 Å². The molecule has 1 aliphatic rings. The summed E-state index contributed by atoms with van der Waals surface area (Å²) in [6, 6.07) is 5.67. The smallest absolute Gasteiger partial charge is 0.321 e. The van der Waals surface area contributed by atoms with Crippen LogP contribution in [0.4, 0.5) is 9.18 Å². The van der Waals surface area contributed by atoms with Gasteiger partial charge >= 0.3 is 6.03 Å². The predicted octanol–water partition coefficient (Wildman–Crippen LogP) is 2.97. The maximum Gasteiger partial charge on any atom is 0.321 e. The lowest BCUT2D eigenvalue weighted by atomic mass is 9.97. The van der Waals surface area contributed by atoms with E-state index in [1.54, 1.807) is 24.1 Å². The standard InChI is InChI=1S/C19H26FN3O2/c1-23(13-16-7-9-17(20)10-8-16)14-18(24)22-19(25)21-12-11-15-5-3-2-4-6-15/h5,7-10H,2-4,6,11-14H2,1H3,(H2,21,22,24,25). The molecule has 6 heteroatoms. The number of hydrogen-bond donors (Lipinski definition) is 2. The van der Waals surface area contributed by atoms with Crippen molar-refractivity contribution in [1.82, 2.24) is 15.5 Å². The minimum atomic E-state index is -0.461. The quantitative estimate of drug-likeness (QED) is 0.746. The highest BCUT2D eigenvalue weighted by Gasteiger charge is 2.11. The van der Waals surface area contributed by atoms with Crippen molar-refractivity contribution in [1.29, 1.82) is 0 Å². The zero-order valence-electron chi connectivity index (χ0n) is 14.7. The van der Waals surface area contributed by atoms with E-state index < -0.39 is 6.03 Å². The highest BCUT2D eigenvalue weighted by atomic mass is 19.1. The fourth-order valence-electron chi connectivity index (χ4n) is 2.88. The lowest BCUT2D eigenvalue weighted by Crippen LogP contribution is -2.43. The van der Waals surface area contributed by atoms with Crippen molar-refractivity contribution in [2.45, 2.75) is 38.6 Å². The summed E-state index contributed by atoms with van der Waals surface area (Å²) in [4.78, 5) is 25.4. The highest BCUT2D eigenvalue weighted by molar-refractivity contribution is 5.95. The van der Waals surface area contributed by atoms with Crippen LogP contribution in [0.3, 0.4) is 0 Å². The van der Waals surface area contributed by atoms with E-state index in [9.17, 15) is 14.0 Å². The maximum atomic E-state index is 12.9. The third-order valence-corrected chi connectivity index (χ3v) is 4.15. The van der Waals surface area contributed by atoms with Gasteiger partial charge in [0.25, 0.3) is 0 Å². The van der Waals surface area contributed by atoms with Crippen LogP contribution in [-0.2, 0) is 11.3 Å². The van der Waals surface area contributed by atoms with Gasteiger partial charge in [0.05, 0.1) is 6.54 Å². The molecule has 0 aromatic heterocycles. The molecule has 0 saturated heterocycles. The molecule has 0 aliphatic heterocycles. The van der Waals surface area contributed by atoms with Crippen molar-refractivity contribution in [2.24, 2.45) is 0 Å². The van der Waals surface area contributed by atoms with E-state index >= 15 is 0 Å². The third-order valence-electron chi connectivity index (χ3n) is 4.15. The monoisotopic (exact) mass is 347 g/mol. The molecule has 0 fully saturated rings. The van der Waals surface area contributed by atoms with E-state index in [1.807, 2.05) is 0 Å². The van der Waals surface area contributed by atoms with E-state index in [2.05, 4.69) is 16.7 Å². The normalized spacial score (nSPS) is 14.1. The van der Waals surface area contributed by atoms with Gasteiger partial charge in [-0.1, -0.05) is 23.8 Å². The fraction of sp³-hybridized carbons (Fsp3) is 0.474. The number of likely N-dealkylation sites (N-methyl/N-ethyl adjacent to an activating group) is 1. The summed E-state index contributed by atoms with van der Waals surface area (Å²) in [5.74, 6) is -0.649. The topological polar surface area (TPSA) is 61.4 Å². The van der Waals surface area contributed by atoms with Crippen molar-refractivity contribution in [2.75, 3.05) is 20.1 Å². The summed E-state index contributed by atoms with van der Waals surface area (Å²) < 4.78 is 12.9. The molecule has 0 heterocycles. The molecule has 0 saturated carbocycles. The second-order valence-electron chi connectivity index (χ2n) is 6.46. The number of benzene rings is 1. The van der Waals surface area contributed by atoms with Crippen molar-refractivity contribution < 1.29 is 14.0 Å². The van der Waals surface area contributed by atoms with Crippen LogP contribution in [0.2, 0.25) is 0 Å². The molecule has 0 atom stereocenters. The van der Waals surface area contributed by atoms with E-state index in [1.165, 1.54) is 30.5 Å². The molecule has 1 aromatic rings. The first kappa shape index (κ1) is 19.1. The summed E-state index contributed by atoms with van der Waals surface area (Å²) in [5, 5.41) is 5.05. The van der Waals surface area contributed by atoms with E-state index in [4.69, 9.17) is 0 Å². The minimum absolute atomic E-state index is 0.0932. The zero-order valence-corrected chi connectivity index (χ0v) is 14.7. The van der Waals surface area contributed by atoms with Crippen LogP contribution < -0.4 is 10.6 Å². The van der Waals surface area contributed by atoms with Gasteiger partial charge in [-0.3, -0.25) is 15.0 Å². The number of carbonyl (C=O) groups excluding carboxylic acids is 2. The number of allylic oxidation sites excluding steroid dienone is 1. The Morgan fingerprint density at radius 2 is 1.96 bits per heavy atom. The highest BCUT2D eigenvalue weighted by Crippen LogP contribution is 2.19. The molecule has 0 bridgehead atoms. The predicted molar refractivity (Wildman–Crippen MR) is 95.4 cm³/mol. The van der Waals surface area contributed by atoms with E-state index in [0.717, 1.165) is 24.8 Å². The number of amides is 3. The summed E-state index contributed by atoms with van der Waals surface area (Å²) in [5.41, 5.74) is 2.29. The Hall–Kier alpha value is -2.21. The molecule has 136 valence electrons. The van der Waals surface area contributed by atoms with Gasteiger partial charge in [0.2, 0.25) is 5.91 Å². The molecular weight excluding hydrogens is 321 g/mol. The molecule has 0 radical (unpaired) electrons. The number of urea groups is 1. The van der Waals surface area contributed by atoms with Crippen LogP contribution in [0.25, 0.3) is 0 Å². The number of nitrogens with one attached hydrogen (secondary N) is 2. The Bertz CT molecular complexity index is 614. The summed E-state index contributed by atoms with van der Waals surface area (Å²) in [6.07, 6.45) is 7.79. The average molecular weight is 347 g/mol. The van der Waals surface area contributed by atoms with Crippen LogP contribution in [0.5, 0.6) is 0 Å². The number of halogens is 1. The molecule has 25 heavy (non-hydrogen) atoms. The van der Waals surface area contributed by atoms with Crippen LogP contribution in [0, 0.1) is 5.82 Å². The Morgan fingerprint density at radius 1 is 1.20 bits per heavy atom. The molecule has 5 nitrogen and oxygen atoms in total. The van der Waals surface area contributed by atoms with Gasteiger partial charge in [-0.05, 0) is 56.8 Å². The van der Waals surface area contributed by atoms with Crippen LogP contribution in [0.15, 0.2) is 35.9 Å². The minimum Gasteiger partial charge on any atom is -0.337 e. The van der Waals surface area contributed by atoms with Gasteiger partial charge in [-0.15, -0.1) is 0 Å². The van der Waals surface area contributed by atoms with Gasteiger partial charge in [0.1, 0.15) is 5.82 Å². The lowest BCUT2D eigenvalue weighted by molar-refractivity contribution is -0.120. The second kappa shape index (κ2) is 9.93. The third kappa shape index (κ3) is 7.47. The average Bonchev–Trinajstić information content (AvgIpc) is 2.57. The van der Waals surface area contributed by atoms with Crippen molar-refractivity contribution >= 4 is 11.9 Å². The Kier molecular flexibility index (Phi) is 7.60. The van der Waals surface area contributed by atoms with Gasteiger partial charge in [0.15, 0.2) is 0 Å². The number of nitrogens with zero attached hydrogens (tertiary/aromatic N) is 1. The van der Waals surface area contributed by atoms with Crippen LogP contribution >= 0.6 is 0 Å². The molecule has 3 amide bonds. The summed E-state index contributed by atoms with van der Waals surface area (Å²) in [6.45, 7) is 1.13. The molecule has 2 rings (SSSR count). The summed E-state index contributed by atoms with van der Waals surface area (Å²) in [7, 11) is 1.77. The second-order valence-corrected chi connectivity index (χ2v) is 6.46. The first-order valence-corrected chi connectivity index (χ1v) is 8.71. The number of imide groups is 1. The van der Waals surface area contributed by atoms with Gasteiger partial charge in [-0.25, -0.2) is 9.18 Å². The van der Waals surface area contributed by atoms with Crippen molar-refractivity contribution in [3.63, 3.8) is 0 Å². The first-order valence-electron chi connectivity index (χ1n) is 8.71. The lowest BCUT2D eigenvalue weighted by Gasteiger charge is -2.16. The SMILES string of the molecule is CN(CC(=O)NC(=O)NCCC1=CCCCC1)Cc1ccc(F)cc1. The van der Waals surface area contributed by atoms with Crippen LogP contribution in [-0.4, -0.2) is 37.0 Å². The summed E-state index contributed by atoms with van der Waals surface area (Å²) >= 11 is 0. The van der Waals surface area contributed by atoms with E-state index in [0.29, 0.717) is 13.1 Å². The molecular formula is C19H26FN3O2. The molecule has 0 unspecified atom stereocenters. The van der Waals surface area contributed by atoms with Crippen LogP contribution in [0.1, 0.15) is 37.7 Å². The van der Waals surface area contributed by atoms with Gasteiger partial charge in [0, 0.05) is 13.1 Å². The number of rotatable bonds is 7. The van der Waals surface area contributed by atoms with Crippen molar-refractivity contribution in [3.8, 4) is 0 Å². The Morgan fingerprint density at radius 3 is 2.64 bits per heavy atom. The molecule has 2 N–H and O–H groups in total. The fourth-order valence-corrected chi connectivity index (χ4v) is 2.88. The molecule has 1 aromatic carbocycles. The van der Waals surface area contributed by atoms with E-state index in [-0.39, 0.29) is 18.3 Å². The molecule has 1 aliphatic carbocycles. The largest absolute Gasteiger partial charge is 0.337 e. The number of hydrogen-bond acceptors (Lipinski definition) is 3. The zero-order chi connectivity index (χ0) is 18.1. The Balaban J connectivity index is 1.63.